The van der Waals surface area contributed by atoms with E-state index in [1.165, 1.54) is 44.5 Å². The lowest BCUT2D eigenvalue weighted by molar-refractivity contribution is 0.435. The molecule has 0 aromatic heterocycles. The van der Waals surface area contributed by atoms with E-state index in [2.05, 4.69) is 118 Å². The van der Waals surface area contributed by atoms with Gasteiger partial charge >= 0.3 is 0 Å². The average molecular weight is 548 g/mol. The van der Waals surface area contributed by atoms with Crippen LogP contribution in [0.5, 0.6) is 0 Å². The molecule has 0 saturated carbocycles. The smallest absolute Gasteiger partial charge is 0.0991 e. The topological polar surface area (TPSA) is 23.8 Å². The normalized spacial score (nSPS) is 14.6. The first-order valence-electron chi connectivity index (χ1n) is 16.0. The third-order valence-corrected chi connectivity index (χ3v) is 9.82. The van der Waals surface area contributed by atoms with Gasteiger partial charge in [-0.3, -0.25) is 0 Å². The Morgan fingerprint density at radius 3 is 1.31 bits per heavy atom. The summed E-state index contributed by atoms with van der Waals surface area (Å²) in [5, 5.41) is 9.67. The SMILES string of the molecule is CCCC1(CCC)c2ccccc2-c2ccc(C#Cc3ccc4c(c3)C(CCC)(CCC)c3cc(C#N)ccc3-4)cc21. The Labute approximate surface area is 252 Å². The Bertz CT molecular complexity index is 1740. The van der Waals surface area contributed by atoms with Crippen LogP contribution >= 0.6 is 0 Å². The number of benzene rings is 4. The minimum absolute atomic E-state index is 0.0576. The third kappa shape index (κ3) is 4.30. The van der Waals surface area contributed by atoms with Gasteiger partial charge in [0.2, 0.25) is 0 Å². The van der Waals surface area contributed by atoms with Gasteiger partial charge in [-0.2, -0.15) is 5.26 Å². The van der Waals surface area contributed by atoms with E-state index in [-0.39, 0.29) is 10.8 Å². The molecule has 4 aromatic rings. The lowest BCUT2D eigenvalue weighted by Crippen LogP contribution is -2.25. The van der Waals surface area contributed by atoms with Crippen LogP contribution in [0.1, 0.15) is 118 Å². The lowest BCUT2D eigenvalue weighted by Gasteiger charge is -2.32. The van der Waals surface area contributed by atoms with Crippen LogP contribution in [0.15, 0.2) is 78.9 Å². The number of hydrogen-bond donors (Lipinski definition) is 0. The lowest BCUT2D eigenvalue weighted by atomic mass is 9.71. The molecule has 1 nitrogen and oxygen atoms in total. The quantitative estimate of drug-likeness (QED) is 0.201. The van der Waals surface area contributed by atoms with Gasteiger partial charge in [-0.1, -0.05) is 108 Å². The zero-order chi connectivity index (χ0) is 29.3. The molecule has 0 N–H and O–H groups in total. The van der Waals surface area contributed by atoms with Gasteiger partial charge in [-0.05, 0) is 107 Å². The van der Waals surface area contributed by atoms with Crippen molar-refractivity contribution < 1.29 is 0 Å². The molecule has 1 heteroatoms. The summed E-state index contributed by atoms with van der Waals surface area (Å²) in [6.45, 7) is 9.17. The second-order valence-corrected chi connectivity index (χ2v) is 12.4. The number of hydrogen-bond acceptors (Lipinski definition) is 1. The number of fused-ring (bicyclic) bond motifs is 6. The zero-order valence-electron chi connectivity index (χ0n) is 25.6. The minimum Gasteiger partial charge on any atom is -0.192 e. The molecule has 0 amide bonds. The van der Waals surface area contributed by atoms with Crippen molar-refractivity contribution in [1.82, 2.24) is 0 Å². The molecule has 2 aliphatic carbocycles. The van der Waals surface area contributed by atoms with E-state index in [1.807, 2.05) is 6.07 Å². The Morgan fingerprint density at radius 1 is 0.476 bits per heavy atom. The molecule has 0 bridgehead atoms. The molecule has 0 radical (unpaired) electrons. The second kappa shape index (κ2) is 11.3. The largest absolute Gasteiger partial charge is 0.192 e. The molecule has 0 aliphatic heterocycles. The van der Waals surface area contributed by atoms with Crippen LogP contribution in [0, 0.1) is 23.2 Å². The number of nitrogens with zero attached hydrogens (tertiary/aromatic N) is 1. The van der Waals surface area contributed by atoms with Gasteiger partial charge in [0, 0.05) is 22.0 Å². The summed E-state index contributed by atoms with van der Waals surface area (Å²) in [7, 11) is 0. The Balaban J connectivity index is 1.43. The highest BCUT2D eigenvalue weighted by Crippen LogP contribution is 2.55. The second-order valence-electron chi connectivity index (χ2n) is 12.4. The number of nitriles is 1. The molecular formula is C41H41N. The maximum Gasteiger partial charge on any atom is 0.0991 e. The van der Waals surface area contributed by atoms with Crippen molar-refractivity contribution in [1.29, 1.82) is 5.26 Å². The zero-order valence-corrected chi connectivity index (χ0v) is 25.6. The minimum atomic E-state index is -0.0576. The first kappa shape index (κ1) is 28.1. The molecule has 42 heavy (non-hydrogen) atoms. The van der Waals surface area contributed by atoms with Crippen molar-refractivity contribution in [2.24, 2.45) is 0 Å². The van der Waals surface area contributed by atoms with Gasteiger partial charge in [-0.15, -0.1) is 0 Å². The van der Waals surface area contributed by atoms with E-state index in [9.17, 15) is 5.26 Å². The van der Waals surface area contributed by atoms with E-state index < -0.39 is 0 Å². The van der Waals surface area contributed by atoms with E-state index in [4.69, 9.17) is 0 Å². The van der Waals surface area contributed by atoms with Crippen LogP contribution in [0.2, 0.25) is 0 Å². The van der Waals surface area contributed by atoms with E-state index in [0.717, 1.165) is 68.1 Å². The van der Waals surface area contributed by atoms with Crippen LogP contribution in [0.3, 0.4) is 0 Å². The van der Waals surface area contributed by atoms with Gasteiger partial charge in [0.25, 0.3) is 0 Å². The monoisotopic (exact) mass is 547 g/mol. The first-order valence-corrected chi connectivity index (χ1v) is 16.0. The molecule has 0 atom stereocenters. The van der Waals surface area contributed by atoms with Gasteiger partial charge < -0.3 is 0 Å². The molecule has 0 saturated heterocycles. The fraction of sp³-hybridized carbons (Fsp3) is 0.341. The summed E-state index contributed by atoms with van der Waals surface area (Å²) in [6.07, 6.45) is 9.00. The third-order valence-electron chi connectivity index (χ3n) is 9.82. The molecule has 0 heterocycles. The maximum atomic E-state index is 9.67. The fourth-order valence-electron chi connectivity index (χ4n) is 8.35. The van der Waals surface area contributed by atoms with Crippen molar-refractivity contribution in [2.75, 3.05) is 0 Å². The van der Waals surface area contributed by atoms with Crippen LogP contribution in [-0.2, 0) is 10.8 Å². The van der Waals surface area contributed by atoms with E-state index in [0.29, 0.717) is 0 Å². The maximum absolute atomic E-state index is 9.67. The van der Waals surface area contributed by atoms with Crippen molar-refractivity contribution in [3.05, 3.63) is 118 Å². The average Bonchev–Trinajstić information content (AvgIpc) is 3.43. The predicted molar refractivity (Wildman–Crippen MR) is 176 cm³/mol. The summed E-state index contributed by atoms with van der Waals surface area (Å²) < 4.78 is 0. The van der Waals surface area contributed by atoms with Crippen LogP contribution in [0.25, 0.3) is 22.3 Å². The molecule has 6 rings (SSSR count). The summed E-state index contributed by atoms with van der Waals surface area (Å²) in [5.41, 5.74) is 14.0. The summed E-state index contributed by atoms with van der Waals surface area (Å²) in [6, 6.07) is 31.4. The highest BCUT2D eigenvalue weighted by Gasteiger charge is 2.43. The molecule has 2 aliphatic rings. The summed E-state index contributed by atoms with van der Waals surface area (Å²) in [5.74, 6) is 7.13. The van der Waals surface area contributed by atoms with Crippen LogP contribution in [-0.4, -0.2) is 0 Å². The van der Waals surface area contributed by atoms with E-state index in [1.54, 1.807) is 0 Å². The van der Waals surface area contributed by atoms with Crippen LogP contribution in [0.4, 0.5) is 0 Å². The van der Waals surface area contributed by atoms with Gasteiger partial charge in [0.05, 0.1) is 11.6 Å². The molecule has 0 spiro atoms. The van der Waals surface area contributed by atoms with Gasteiger partial charge in [0.15, 0.2) is 0 Å². The fourth-order valence-corrected chi connectivity index (χ4v) is 8.35. The van der Waals surface area contributed by atoms with Gasteiger partial charge in [0.1, 0.15) is 0 Å². The van der Waals surface area contributed by atoms with Gasteiger partial charge in [-0.25, -0.2) is 0 Å². The molecule has 210 valence electrons. The van der Waals surface area contributed by atoms with E-state index >= 15 is 0 Å². The molecular weight excluding hydrogens is 506 g/mol. The predicted octanol–water partition coefficient (Wildman–Crippen LogP) is 10.7. The highest BCUT2D eigenvalue weighted by atomic mass is 14.5. The van der Waals surface area contributed by atoms with Crippen molar-refractivity contribution in [2.45, 2.75) is 89.9 Å². The molecule has 4 aromatic carbocycles. The molecule has 0 unspecified atom stereocenters. The van der Waals surface area contributed by atoms with Crippen molar-refractivity contribution >= 4 is 0 Å². The number of rotatable bonds is 8. The standard InChI is InChI=1S/C41H41N/c1-5-21-40(22-6-2)36-12-10-9-11-32(36)33-18-15-29(25-37(33)40)13-14-30-16-19-34-35-20-17-31(28-42)27-39(35)41(23-7-3,24-8-4)38(34)26-30/h9-12,15-20,25-27H,5-8,21-24H2,1-4H3. The highest BCUT2D eigenvalue weighted by molar-refractivity contribution is 5.83. The van der Waals surface area contributed by atoms with Crippen LogP contribution < -0.4 is 0 Å². The Hall–Kier alpha value is -4.07. The Morgan fingerprint density at radius 2 is 0.857 bits per heavy atom. The van der Waals surface area contributed by atoms with Crippen molar-refractivity contribution in [3.63, 3.8) is 0 Å². The Kier molecular flexibility index (Phi) is 7.56. The van der Waals surface area contributed by atoms with Crippen molar-refractivity contribution in [3.8, 4) is 40.2 Å². The molecule has 0 fully saturated rings. The summed E-state index contributed by atoms with van der Waals surface area (Å²) >= 11 is 0. The first-order chi connectivity index (χ1) is 20.5. The summed E-state index contributed by atoms with van der Waals surface area (Å²) in [4.78, 5) is 0.